The number of sulfone groups is 1. The molecule has 94 valence electrons. The van der Waals surface area contributed by atoms with Gasteiger partial charge in [-0.15, -0.1) is 0 Å². The van der Waals surface area contributed by atoms with E-state index in [2.05, 4.69) is 0 Å². The summed E-state index contributed by atoms with van der Waals surface area (Å²) in [6.45, 7) is 1.51. The van der Waals surface area contributed by atoms with Crippen molar-refractivity contribution in [1.82, 2.24) is 0 Å². The highest BCUT2D eigenvalue weighted by Crippen LogP contribution is 2.29. The Bertz CT molecular complexity index is 328. The van der Waals surface area contributed by atoms with Crippen LogP contribution >= 0.6 is 0 Å². The molecular formula is C11H20O4S. The topological polar surface area (TPSA) is 71.4 Å². The molecule has 1 rings (SSSR count). The molecule has 1 atom stereocenters. The van der Waals surface area contributed by atoms with Gasteiger partial charge in [-0.25, -0.2) is 8.42 Å². The van der Waals surface area contributed by atoms with Gasteiger partial charge in [-0.05, 0) is 12.3 Å². The van der Waals surface area contributed by atoms with Crippen LogP contribution in [0.4, 0.5) is 0 Å². The summed E-state index contributed by atoms with van der Waals surface area (Å²) in [4.78, 5) is 11.0. The van der Waals surface area contributed by atoms with Crippen LogP contribution in [0.5, 0.6) is 0 Å². The van der Waals surface area contributed by atoms with E-state index in [4.69, 9.17) is 5.11 Å². The first-order valence-corrected chi connectivity index (χ1v) is 7.63. The van der Waals surface area contributed by atoms with Crippen molar-refractivity contribution in [1.29, 1.82) is 0 Å². The molecule has 1 N–H and O–H groups in total. The molecule has 0 aliphatic heterocycles. The van der Waals surface area contributed by atoms with Gasteiger partial charge in [0.1, 0.15) is 0 Å². The van der Waals surface area contributed by atoms with Gasteiger partial charge in [0.15, 0.2) is 15.1 Å². The van der Waals surface area contributed by atoms with Crippen LogP contribution in [0.25, 0.3) is 0 Å². The molecule has 0 saturated heterocycles. The number of carboxylic acid groups (broad SMARTS) is 1. The third kappa shape index (κ3) is 3.47. The highest BCUT2D eigenvalue weighted by atomic mass is 32.2. The average molecular weight is 248 g/mol. The Morgan fingerprint density at radius 3 is 2.31 bits per heavy atom. The molecule has 0 radical (unpaired) electrons. The fourth-order valence-corrected chi connectivity index (χ4v) is 3.60. The molecule has 1 aliphatic carbocycles. The van der Waals surface area contributed by atoms with Crippen molar-refractivity contribution in [2.45, 2.75) is 50.7 Å². The van der Waals surface area contributed by atoms with Crippen LogP contribution in [0.3, 0.4) is 0 Å². The Balaban J connectivity index is 2.68. The summed E-state index contributed by atoms with van der Waals surface area (Å²) in [5, 5.41) is 7.80. The summed E-state index contributed by atoms with van der Waals surface area (Å²) in [6, 6.07) is 0. The minimum Gasteiger partial charge on any atom is -0.480 e. The van der Waals surface area contributed by atoms with Crippen molar-refractivity contribution in [2.75, 3.05) is 5.75 Å². The zero-order valence-electron chi connectivity index (χ0n) is 9.68. The quantitative estimate of drug-likeness (QED) is 0.806. The van der Waals surface area contributed by atoms with Crippen LogP contribution < -0.4 is 0 Å². The average Bonchev–Trinajstić information content (AvgIpc) is 2.26. The summed E-state index contributed by atoms with van der Waals surface area (Å²) in [5.74, 6) is -1.000. The van der Waals surface area contributed by atoms with Crippen molar-refractivity contribution in [3.05, 3.63) is 0 Å². The maximum absolute atomic E-state index is 11.6. The zero-order valence-corrected chi connectivity index (χ0v) is 10.5. The van der Waals surface area contributed by atoms with E-state index in [-0.39, 0.29) is 11.7 Å². The van der Waals surface area contributed by atoms with E-state index < -0.39 is 21.1 Å². The largest absolute Gasteiger partial charge is 0.480 e. The lowest BCUT2D eigenvalue weighted by molar-refractivity contribution is -0.136. The Kier molecular flexibility index (Phi) is 4.77. The fraction of sp³-hybridized carbons (Fsp3) is 0.909. The lowest BCUT2D eigenvalue weighted by Gasteiger charge is -2.24. The molecule has 4 nitrogen and oxygen atoms in total. The van der Waals surface area contributed by atoms with Gasteiger partial charge in [-0.2, -0.15) is 0 Å². The number of rotatable bonds is 5. The molecule has 0 aromatic carbocycles. The maximum Gasteiger partial charge on any atom is 0.321 e. The molecular weight excluding hydrogens is 228 g/mol. The second-order valence-electron chi connectivity index (χ2n) is 4.52. The third-order valence-corrected chi connectivity index (χ3v) is 5.45. The predicted molar refractivity (Wildman–Crippen MR) is 62.1 cm³/mol. The van der Waals surface area contributed by atoms with E-state index in [1.807, 2.05) is 0 Å². The molecule has 0 bridgehead atoms. The van der Waals surface area contributed by atoms with Crippen molar-refractivity contribution < 1.29 is 18.3 Å². The second kappa shape index (κ2) is 5.66. The Hall–Kier alpha value is -0.580. The van der Waals surface area contributed by atoms with Crippen LogP contribution in [0.2, 0.25) is 0 Å². The van der Waals surface area contributed by atoms with Crippen LogP contribution in [-0.2, 0) is 14.6 Å². The molecule has 1 saturated carbocycles. The van der Waals surface area contributed by atoms with Crippen LogP contribution in [-0.4, -0.2) is 30.5 Å². The second-order valence-corrected chi connectivity index (χ2v) is 6.99. The molecule has 0 aromatic rings. The first-order chi connectivity index (χ1) is 7.47. The maximum atomic E-state index is 11.6. The van der Waals surface area contributed by atoms with Crippen LogP contribution in [0.15, 0.2) is 0 Å². The molecule has 1 unspecified atom stereocenters. The number of hydrogen-bond acceptors (Lipinski definition) is 3. The van der Waals surface area contributed by atoms with Crippen molar-refractivity contribution in [3.8, 4) is 0 Å². The van der Waals surface area contributed by atoms with Gasteiger partial charge in [0.2, 0.25) is 0 Å². The molecule has 0 heterocycles. The smallest absolute Gasteiger partial charge is 0.321 e. The SMILES string of the molecule is CCS(=O)(=O)C(CC1CCCCC1)C(=O)O. The van der Waals surface area contributed by atoms with Crippen molar-refractivity contribution in [2.24, 2.45) is 5.92 Å². The molecule has 5 heteroatoms. The minimum absolute atomic E-state index is 0.0866. The summed E-state index contributed by atoms with van der Waals surface area (Å²) >= 11 is 0. The Morgan fingerprint density at radius 1 is 1.31 bits per heavy atom. The van der Waals surface area contributed by atoms with Gasteiger partial charge in [-0.3, -0.25) is 4.79 Å². The number of hydrogen-bond donors (Lipinski definition) is 1. The molecule has 16 heavy (non-hydrogen) atoms. The zero-order chi connectivity index (χ0) is 12.2. The van der Waals surface area contributed by atoms with E-state index in [1.54, 1.807) is 0 Å². The van der Waals surface area contributed by atoms with Gasteiger partial charge in [0, 0.05) is 5.75 Å². The molecule has 1 fully saturated rings. The van der Waals surface area contributed by atoms with Gasteiger partial charge >= 0.3 is 5.97 Å². The van der Waals surface area contributed by atoms with Crippen LogP contribution in [0, 0.1) is 5.92 Å². The van der Waals surface area contributed by atoms with Gasteiger partial charge in [-0.1, -0.05) is 39.0 Å². The van der Waals surface area contributed by atoms with E-state index in [1.165, 1.54) is 13.3 Å². The van der Waals surface area contributed by atoms with Crippen molar-refractivity contribution >= 4 is 15.8 Å². The Morgan fingerprint density at radius 2 is 1.88 bits per heavy atom. The monoisotopic (exact) mass is 248 g/mol. The van der Waals surface area contributed by atoms with E-state index in [9.17, 15) is 13.2 Å². The highest BCUT2D eigenvalue weighted by molar-refractivity contribution is 7.92. The molecule has 0 spiro atoms. The summed E-state index contributed by atoms with van der Waals surface area (Å²) in [6.07, 6.45) is 5.64. The number of carbonyl (C=O) groups is 1. The lowest BCUT2D eigenvalue weighted by Crippen LogP contribution is -2.34. The Labute approximate surface area is 97.0 Å². The highest BCUT2D eigenvalue weighted by Gasteiger charge is 2.33. The number of aliphatic carboxylic acids is 1. The lowest BCUT2D eigenvalue weighted by atomic mass is 9.86. The normalized spacial score (nSPS) is 20.6. The van der Waals surface area contributed by atoms with Gasteiger partial charge in [0.05, 0.1) is 0 Å². The standard InChI is InChI=1S/C11H20O4S/c1-2-16(14,15)10(11(12)13)8-9-6-4-3-5-7-9/h9-10H,2-8H2,1H3,(H,12,13). The van der Waals surface area contributed by atoms with E-state index in [0.29, 0.717) is 6.42 Å². The van der Waals surface area contributed by atoms with Gasteiger partial charge in [0.25, 0.3) is 0 Å². The minimum atomic E-state index is -3.46. The van der Waals surface area contributed by atoms with Crippen molar-refractivity contribution in [3.63, 3.8) is 0 Å². The molecule has 1 aliphatic rings. The first kappa shape index (κ1) is 13.5. The van der Waals surface area contributed by atoms with Gasteiger partial charge < -0.3 is 5.11 Å². The molecule has 0 amide bonds. The predicted octanol–water partition coefficient (Wildman–Crippen LogP) is 1.84. The summed E-state index contributed by atoms with van der Waals surface area (Å²) < 4.78 is 23.3. The number of carboxylic acids is 1. The fourth-order valence-electron chi connectivity index (χ4n) is 2.33. The summed E-state index contributed by atoms with van der Waals surface area (Å²) in [5.41, 5.74) is 0. The van der Waals surface area contributed by atoms with E-state index >= 15 is 0 Å². The van der Waals surface area contributed by atoms with E-state index in [0.717, 1.165) is 25.7 Å². The molecule has 0 aromatic heterocycles. The first-order valence-electron chi connectivity index (χ1n) is 5.91. The third-order valence-electron chi connectivity index (χ3n) is 3.38. The summed E-state index contributed by atoms with van der Waals surface area (Å²) in [7, 11) is -3.46. The van der Waals surface area contributed by atoms with Crippen LogP contribution in [0.1, 0.15) is 45.4 Å².